The molecule has 0 aliphatic rings. The molecular weight excluding hydrogens is 1490 g/mol. The van der Waals surface area contributed by atoms with E-state index in [1.807, 2.05) is 0 Å². The van der Waals surface area contributed by atoms with Crippen LogP contribution in [0.4, 0.5) is 45.5 Å². The van der Waals surface area contributed by atoms with Crippen LogP contribution in [-0.2, 0) is 80.9 Å². The van der Waals surface area contributed by atoms with E-state index in [9.17, 15) is 104 Å². The van der Waals surface area contributed by atoms with E-state index in [2.05, 4.69) is 58.9 Å². The molecule has 0 aliphatic carbocycles. The van der Waals surface area contributed by atoms with Gasteiger partial charge in [0.25, 0.3) is 0 Å². The van der Waals surface area contributed by atoms with Crippen LogP contribution in [0.25, 0.3) is 48.6 Å². The minimum Gasteiger partial charge on any atom is -0.744 e. The first-order valence-electron chi connectivity index (χ1n) is 27.6. The molecule has 0 radical (unpaired) electrons. The van der Waals surface area contributed by atoms with Gasteiger partial charge in [0.2, 0.25) is 0 Å². The van der Waals surface area contributed by atoms with E-state index in [0.29, 0.717) is 0 Å². The lowest BCUT2D eigenvalue weighted by Gasteiger charge is -2.14. The summed E-state index contributed by atoms with van der Waals surface area (Å²) in [7, 11) is -31.6. The third kappa shape index (κ3) is 22.4. The predicted octanol–water partition coefficient (Wildman–Crippen LogP) is 10.3. The van der Waals surface area contributed by atoms with Crippen LogP contribution in [0, 0.1) is 0 Å². The first-order valence-corrected chi connectivity index (χ1v) is 39.1. The Kier molecular flexibility index (Phi) is 23.6. The van der Waals surface area contributed by atoms with Crippen LogP contribution in [0.15, 0.2) is 215 Å². The van der Waals surface area contributed by atoms with Gasteiger partial charge in [0, 0.05) is 33.6 Å². The number of nitrogen functional groups attached to an aromatic ring is 2. The Morgan fingerprint density at radius 3 is 0.604 bits per heavy atom. The molecule has 0 saturated carbocycles. The molecular formula is C60H56N9O24S8+. The van der Waals surface area contributed by atoms with Crippen molar-refractivity contribution in [3.8, 4) is 0 Å². The number of azo groups is 3. The van der Waals surface area contributed by atoms with E-state index in [1.165, 1.54) is 48.5 Å². The smallest absolute Gasteiger partial charge is 0.435 e. The highest BCUT2D eigenvalue weighted by molar-refractivity contribution is 7.87. The number of nitrogens with zero attached hydrogens (tertiary/aromatic N) is 7. The molecule has 0 fully saturated rings. The molecule has 0 aliphatic heterocycles. The summed E-state index contributed by atoms with van der Waals surface area (Å²) in [5, 5.41) is 23.2. The zero-order valence-corrected chi connectivity index (χ0v) is 58.7. The number of anilines is 2. The summed E-state index contributed by atoms with van der Waals surface area (Å²) in [4.78, 5) is -6.02. The lowest BCUT2D eigenvalue weighted by atomic mass is 10.1. The Morgan fingerprint density at radius 2 is 0.426 bits per heavy atom. The zero-order valence-electron chi connectivity index (χ0n) is 52.1. The predicted molar refractivity (Wildman–Crippen MR) is 368 cm³/mol. The van der Waals surface area contributed by atoms with Crippen molar-refractivity contribution in [2.75, 3.05) is 39.7 Å². The molecule has 8 rings (SSSR count). The standard InChI is InChI=1S/C56H44N8O24S8.C4H12N/c57-41-17-9-33(49(25-41)89(65,66)67)1-3-35-11-19-43(27-51(35)91(71,72)73)59-61-45-21-13-37(53(29-45)93(77,78)79)5-7-39-15-23-47(31-55(39)95(83,84)85)63-64-48-24-16-40(56(32-48)96(86,87)88)8-6-38-14-22-46(30-54(38)94(80,81)82)62-60-44-20-12-36(52(28-44)92(74,75)76)4-2-34-10-18-42(58)26-50(34)90(68,69)70;1-5(2,3)4/h1-32H,57-58H2,(H,65,66,67)(H,68,69,70)(H,71,72,73)(H,74,75,76)(H,77,78,79)(H,80,81,82)(H,83,84,85)(H,86,87,88);1-4H3/q;+1/b3-1+,4-2+,7-5+,8-6+,61-59?,62-60?,64-63?;. The zero-order chi connectivity index (χ0) is 75.2. The fraction of sp³-hybridized carbons (Fsp3) is 0.0667. The van der Waals surface area contributed by atoms with Crippen LogP contribution < -0.4 is 11.5 Å². The second-order valence-corrected chi connectivity index (χ2v) is 33.5. The molecule has 12 N–H and O–H groups in total. The van der Waals surface area contributed by atoms with Crippen molar-refractivity contribution in [1.82, 2.24) is 0 Å². The summed E-state index contributed by atoms with van der Waals surface area (Å²) in [5.74, 6) is 0. The molecule has 0 heterocycles. The van der Waals surface area contributed by atoms with Gasteiger partial charge in [-0.25, -0.2) is 51.9 Å². The summed E-state index contributed by atoms with van der Waals surface area (Å²) >= 11 is 0. The maximum atomic E-state index is 12.8. The highest BCUT2D eigenvalue weighted by atomic mass is 32.2. The number of quaternary nitrogens is 1. The molecule has 8 aromatic rings. The largest absolute Gasteiger partial charge is 0.744 e. The van der Waals surface area contributed by atoms with Gasteiger partial charge < -0.3 is 34.2 Å². The Morgan fingerprint density at radius 1 is 0.287 bits per heavy atom. The molecule has 4 unspecified atom stereocenters. The van der Waals surface area contributed by atoms with Gasteiger partial charge in [0.05, 0.1) is 81.9 Å². The third-order valence-corrected chi connectivity index (χ3v) is 20.2. The number of rotatable bonds is 22. The average molecular weight is 1540 g/mol. The van der Waals surface area contributed by atoms with Crippen molar-refractivity contribution in [3.05, 3.63) is 190 Å². The summed E-state index contributed by atoms with van der Waals surface area (Å²) in [6.45, 7) is 0. The second kappa shape index (κ2) is 30.3. The average Bonchev–Trinajstić information content (AvgIpc) is 0.816. The monoisotopic (exact) mass is 1540 g/mol. The summed E-state index contributed by atoms with van der Waals surface area (Å²) < 4.78 is 279. The quantitative estimate of drug-likeness (QED) is 0.00917. The lowest BCUT2D eigenvalue weighted by molar-refractivity contribution is -0.849. The summed E-state index contributed by atoms with van der Waals surface area (Å²) in [6.07, 6.45) is 8.47. The van der Waals surface area contributed by atoms with Gasteiger partial charge >= 0.3 is 40.5 Å². The van der Waals surface area contributed by atoms with Gasteiger partial charge in [-0.05, 0) is 119 Å². The highest BCUT2D eigenvalue weighted by Crippen LogP contribution is 2.35. The Balaban J connectivity index is 0.00000276. The van der Waals surface area contributed by atoms with Crippen LogP contribution in [0.5, 0.6) is 0 Å². The Hall–Kier alpha value is -9.64. The van der Waals surface area contributed by atoms with Gasteiger partial charge in [-0.1, -0.05) is 97.1 Å². The second-order valence-electron chi connectivity index (χ2n) is 22.3. The molecule has 0 bridgehead atoms. The molecule has 0 aromatic heterocycles. The molecule has 0 amide bonds. The maximum Gasteiger partial charge on any atom is 0.435 e. The van der Waals surface area contributed by atoms with Crippen molar-refractivity contribution < 1.29 is 108 Å². The molecule has 33 nitrogen and oxygen atoms in total. The maximum absolute atomic E-state index is 12.8. The minimum atomic E-state index is -5.40. The summed E-state index contributed by atoms with van der Waals surface area (Å²) in [6, 6.07) is 25.6. The fourth-order valence-electron chi connectivity index (χ4n) is 8.57. The lowest BCUT2D eigenvalue weighted by Crippen LogP contribution is -2.27. The molecule has 41 heteroatoms. The highest BCUT2D eigenvalue weighted by Gasteiger charge is 2.26. The van der Waals surface area contributed by atoms with Gasteiger partial charge in [-0.15, -0.1) is 16.8 Å². The van der Waals surface area contributed by atoms with E-state index in [0.717, 1.165) is 150 Å². The van der Waals surface area contributed by atoms with E-state index < -0.39 is 120 Å². The summed E-state index contributed by atoms with van der Waals surface area (Å²) in [5.41, 5.74) is 7.86. The van der Waals surface area contributed by atoms with Gasteiger partial charge in [-0.3, -0.25) is 0 Å². The van der Waals surface area contributed by atoms with Crippen LogP contribution in [0.2, 0.25) is 0 Å². The SMILES string of the molecule is C[N+](C)(C)C.Nc1ccc(/C=C/c2ccc(N=Nc3ccc(/C=C/c4ccc(N=Nc5ccc(/C=C/c6ccc(N=Nc7ccc(/C=C/c8ccc(N)cc8S(=O)(O)=[OH+])c(S(=O)(O)=[OH+])c7)cc6S(=O)(=O)[O-])c(S(=O)(O)=[OH+])c5)cc4S(=O)(=O)[O-])c(S(=O)(=O)[O-])c3)cc2S(=O)(O)=[OH+])c(S(=O)(=O)[O-])c1. The topological polar surface area (TPSA) is 590 Å². The molecule has 101 heavy (non-hydrogen) atoms. The number of hydrogen-bond donors (Lipinski definition) is 6. The first kappa shape index (κ1) is 78.7. The number of nitrogens with two attached hydrogens (primary N) is 2. The molecule has 0 spiro atoms. The molecule has 4 atom stereocenters. The molecule has 0 saturated heterocycles. The van der Waals surface area contributed by atoms with E-state index in [1.54, 1.807) is 0 Å². The van der Waals surface area contributed by atoms with Crippen molar-refractivity contribution in [2.24, 2.45) is 30.7 Å². The minimum absolute atomic E-state index is 0.0295. The Labute approximate surface area is 578 Å². The Bertz CT molecular complexity index is 5500. The van der Waals surface area contributed by atoms with Crippen LogP contribution in [0.1, 0.15) is 44.5 Å². The molecule has 8 aromatic carbocycles. The van der Waals surface area contributed by atoms with Gasteiger partial charge in [-0.2, -0.15) is 47.5 Å². The number of benzene rings is 8. The van der Waals surface area contributed by atoms with Crippen LogP contribution in [-0.4, -0.2) is 136 Å². The van der Waals surface area contributed by atoms with Crippen LogP contribution in [0.3, 0.4) is 0 Å². The van der Waals surface area contributed by atoms with Gasteiger partial charge in [0.1, 0.15) is 40.5 Å². The van der Waals surface area contributed by atoms with Crippen LogP contribution >= 0.6 is 0 Å². The van der Waals surface area contributed by atoms with Crippen molar-refractivity contribution in [2.45, 2.75) is 39.2 Å². The molecule has 532 valence electrons. The normalized spacial score (nSPS) is 15.3. The number of hydrogen-bond acceptors (Lipinski definition) is 24. The van der Waals surface area contributed by atoms with E-state index in [-0.39, 0.29) is 90.0 Å². The van der Waals surface area contributed by atoms with Crippen molar-refractivity contribution in [3.63, 3.8) is 0 Å². The van der Waals surface area contributed by atoms with E-state index >= 15 is 0 Å². The van der Waals surface area contributed by atoms with E-state index in [4.69, 9.17) is 11.5 Å². The van der Waals surface area contributed by atoms with Crippen molar-refractivity contribution in [1.29, 1.82) is 0 Å². The van der Waals surface area contributed by atoms with Gasteiger partial charge in [0.15, 0.2) is 19.6 Å². The first-order chi connectivity index (χ1) is 46.4. The third-order valence-electron chi connectivity index (χ3n) is 12.9. The fourth-order valence-corrected chi connectivity index (χ4v) is 14.2. The van der Waals surface area contributed by atoms with Crippen molar-refractivity contribution >= 4 is 175 Å².